The van der Waals surface area contributed by atoms with Gasteiger partial charge in [-0.05, 0) is 6.42 Å². The molecule has 1 heterocycles. The van der Waals surface area contributed by atoms with E-state index in [1.807, 2.05) is 6.20 Å². The molecule has 0 bridgehead atoms. The van der Waals surface area contributed by atoms with Crippen LogP contribution in [-0.2, 0) is 0 Å². The molecule has 1 N–H and O–H groups in total. The summed E-state index contributed by atoms with van der Waals surface area (Å²) in [6.45, 7) is 3.36. The smallest absolute Gasteiger partial charge is 0.0675 e. The minimum Gasteiger partial charge on any atom is -0.317 e. The van der Waals surface area contributed by atoms with E-state index in [0.29, 0.717) is 0 Å². The molecular weight excluding hydrogens is 132 g/mol. The molecule has 1 aliphatic heterocycles. The van der Waals surface area contributed by atoms with Crippen LogP contribution in [0, 0.1) is 0 Å². The molecule has 0 radical (unpaired) electrons. The molecule has 52 valence electrons. The Balaban J connectivity index is 2.05. The Morgan fingerprint density at radius 2 is 2.56 bits per heavy atom. The highest BCUT2D eigenvalue weighted by Gasteiger charge is 2.01. The van der Waals surface area contributed by atoms with Crippen LogP contribution >= 0.6 is 12.1 Å². The lowest BCUT2D eigenvalue weighted by Crippen LogP contribution is -2.07. The lowest BCUT2D eigenvalue weighted by Gasteiger charge is -2.10. The first-order valence-electron chi connectivity index (χ1n) is 3.29. The van der Waals surface area contributed by atoms with Crippen molar-refractivity contribution in [3.63, 3.8) is 0 Å². The summed E-state index contributed by atoms with van der Waals surface area (Å²) in [7, 11) is 0. The third-order valence-electron chi connectivity index (χ3n) is 1.21. The zero-order chi connectivity index (χ0) is 6.53. The quantitative estimate of drug-likeness (QED) is 0.607. The van der Waals surface area contributed by atoms with Crippen LogP contribution < -0.4 is 4.72 Å². The molecule has 9 heavy (non-hydrogen) atoms. The molecule has 0 aromatic rings. The Kier molecular flexibility index (Phi) is 2.77. The largest absolute Gasteiger partial charge is 0.317 e. The summed E-state index contributed by atoms with van der Waals surface area (Å²) in [5.74, 6) is 0. The van der Waals surface area contributed by atoms with Gasteiger partial charge in [0, 0.05) is 18.9 Å². The van der Waals surface area contributed by atoms with Crippen molar-refractivity contribution < 1.29 is 0 Å². The van der Waals surface area contributed by atoms with Crippen LogP contribution in [0.3, 0.4) is 0 Å². The Morgan fingerprint density at radius 1 is 1.67 bits per heavy atom. The number of hydrogen-bond donors (Lipinski definition) is 1. The molecular formula is C6H12N2S. The molecule has 0 fully saturated rings. The third kappa shape index (κ3) is 2.18. The van der Waals surface area contributed by atoms with E-state index in [4.69, 9.17) is 0 Å². The summed E-state index contributed by atoms with van der Waals surface area (Å²) in [4.78, 5) is 0. The molecule has 0 spiro atoms. The van der Waals surface area contributed by atoms with Crippen LogP contribution in [-0.4, -0.2) is 10.8 Å². The highest BCUT2D eigenvalue weighted by Crippen LogP contribution is 2.12. The number of unbranched alkanes of at least 4 members (excludes halogenated alkanes) is 1. The van der Waals surface area contributed by atoms with Gasteiger partial charge in [-0.25, -0.2) is 0 Å². The average Bonchev–Trinajstić information content (AvgIpc) is 2.34. The fourth-order valence-electron chi connectivity index (χ4n) is 0.676. The van der Waals surface area contributed by atoms with Crippen LogP contribution in [0.5, 0.6) is 0 Å². The van der Waals surface area contributed by atoms with Gasteiger partial charge < -0.3 is 9.03 Å². The van der Waals surface area contributed by atoms with Gasteiger partial charge in [-0.15, -0.1) is 0 Å². The first-order chi connectivity index (χ1) is 4.43. The lowest BCUT2D eigenvalue weighted by atomic mass is 10.3. The number of nitrogens with one attached hydrogen (secondary N) is 1. The van der Waals surface area contributed by atoms with Gasteiger partial charge in [-0.2, -0.15) is 0 Å². The van der Waals surface area contributed by atoms with Crippen LogP contribution in [0.2, 0.25) is 0 Å². The standard InChI is InChI=1S/C6H12N2S/c1-2-3-5-8-6-4-7-9-8/h4,6-7H,2-3,5H2,1H3. The van der Waals surface area contributed by atoms with Crippen molar-refractivity contribution in [1.29, 1.82) is 0 Å². The predicted molar refractivity (Wildman–Crippen MR) is 41.5 cm³/mol. The maximum absolute atomic E-state index is 3.04. The molecule has 0 aromatic carbocycles. The van der Waals surface area contributed by atoms with E-state index >= 15 is 0 Å². The zero-order valence-electron chi connectivity index (χ0n) is 5.63. The van der Waals surface area contributed by atoms with Crippen molar-refractivity contribution in [3.05, 3.63) is 12.4 Å². The fraction of sp³-hybridized carbons (Fsp3) is 0.667. The van der Waals surface area contributed by atoms with Gasteiger partial charge in [0.15, 0.2) is 0 Å². The van der Waals surface area contributed by atoms with Crippen LogP contribution in [0.25, 0.3) is 0 Å². The Hall–Kier alpha value is -0.310. The SMILES string of the molecule is CCCCN1C=CNS1. The van der Waals surface area contributed by atoms with E-state index < -0.39 is 0 Å². The van der Waals surface area contributed by atoms with E-state index in [-0.39, 0.29) is 0 Å². The first-order valence-corrected chi connectivity index (χ1v) is 4.06. The molecule has 0 aliphatic carbocycles. The normalized spacial score (nSPS) is 16.3. The molecule has 0 aromatic heterocycles. The van der Waals surface area contributed by atoms with E-state index in [2.05, 4.69) is 22.2 Å². The van der Waals surface area contributed by atoms with E-state index in [1.165, 1.54) is 12.8 Å². The van der Waals surface area contributed by atoms with Crippen molar-refractivity contribution in [3.8, 4) is 0 Å². The molecule has 1 rings (SSSR count). The van der Waals surface area contributed by atoms with Crippen molar-refractivity contribution in [2.45, 2.75) is 19.8 Å². The van der Waals surface area contributed by atoms with Gasteiger partial charge >= 0.3 is 0 Å². The highest BCUT2D eigenvalue weighted by molar-refractivity contribution is 7.95. The van der Waals surface area contributed by atoms with Gasteiger partial charge in [0.2, 0.25) is 0 Å². The van der Waals surface area contributed by atoms with Gasteiger partial charge in [0.05, 0.1) is 12.1 Å². The number of hydrogen-bond acceptors (Lipinski definition) is 3. The molecule has 3 heteroatoms. The summed E-state index contributed by atoms with van der Waals surface area (Å²) in [5.41, 5.74) is 0. The maximum Gasteiger partial charge on any atom is 0.0675 e. The molecule has 2 nitrogen and oxygen atoms in total. The van der Waals surface area contributed by atoms with Crippen LogP contribution in [0.15, 0.2) is 12.4 Å². The number of rotatable bonds is 3. The number of nitrogens with zero attached hydrogens (tertiary/aromatic N) is 1. The monoisotopic (exact) mass is 144 g/mol. The van der Waals surface area contributed by atoms with E-state index in [1.54, 1.807) is 12.1 Å². The second-order valence-corrected chi connectivity index (χ2v) is 2.91. The van der Waals surface area contributed by atoms with Crippen molar-refractivity contribution in [1.82, 2.24) is 9.03 Å². The average molecular weight is 144 g/mol. The topological polar surface area (TPSA) is 15.3 Å². The zero-order valence-corrected chi connectivity index (χ0v) is 6.45. The summed E-state index contributed by atoms with van der Waals surface area (Å²) in [5, 5.41) is 0. The molecule has 0 saturated heterocycles. The van der Waals surface area contributed by atoms with Gasteiger partial charge in [0.1, 0.15) is 0 Å². The molecule has 0 unspecified atom stereocenters. The molecule has 0 saturated carbocycles. The summed E-state index contributed by atoms with van der Waals surface area (Å²) in [6, 6.07) is 0. The van der Waals surface area contributed by atoms with Crippen LogP contribution in [0.1, 0.15) is 19.8 Å². The highest BCUT2D eigenvalue weighted by atomic mass is 32.2. The summed E-state index contributed by atoms with van der Waals surface area (Å²) < 4.78 is 5.24. The predicted octanol–water partition coefficient (Wildman–Crippen LogP) is 1.73. The maximum atomic E-state index is 3.04. The molecule has 0 atom stereocenters. The van der Waals surface area contributed by atoms with Crippen molar-refractivity contribution in [2.75, 3.05) is 6.54 Å². The minimum absolute atomic E-state index is 1.16. The van der Waals surface area contributed by atoms with E-state index in [0.717, 1.165) is 6.54 Å². The summed E-state index contributed by atoms with van der Waals surface area (Å²) in [6.07, 6.45) is 6.57. The Morgan fingerprint density at radius 3 is 3.11 bits per heavy atom. The molecule has 1 aliphatic rings. The first kappa shape index (κ1) is 6.81. The minimum atomic E-state index is 1.16. The van der Waals surface area contributed by atoms with Gasteiger partial charge in [-0.3, -0.25) is 0 Å². The van der Waals surface area contributed by atoms with Gasteiger partial charge in [-0.1, -0.05) is 13.3 Å². The molecule has 0 amide bonds. The van der Waals surface area contributed by atoms with Crippen LogP contribution in [0.4, 0.5) is 0 Å². The lowest BCUT2D eigenvalue weighted by molar-refractivity contribution is 0.585. The second-order valence-electron chi connectivity index (χ2n) is 2.02. The van der Waals surface area contributed by atoms with E-state index in [9.17, 15) is 0 Å². The van der Waals surface area contributed by atoms with Crippen molar-refractivity contribution in [2.24, 2.45) is 0 Å². The van der Waals surface area contributed by atoms with Gasteiger partial charge in [0.25, 0.3) is 0 Å². The second kappa shape index (κ2) is 3.67. The fourth-order valence-corrected chi connectivity index (χ4v) is 1.28. The summed E-state index contributed by atoms with van der Waals surface area (Å²) >= 11 is 1.65. The van der Waals surface area contributed by atoms with Crippen molar-refractivity contribution >= 4 is 12.1 Å². The Labute approximate surface area is 60.6 Å². The Bertz CT molecular complexity index is 103. The third-order valence-corrected chi connectivity index (χ3v) is 1.99.